The second-order valence-corrected chi connectivity index (χ2v) is 7.56. The van der Waals surface area contributed by atoms with Gasteiger partial charge in [-0.25, -0.2) is 0 Å². The van der Waals surface area contributed by atoms with Gasteiger partial charge in [0.25, 0.3) is 0 Å². The summed E-state index contributed by atoms with van der Waals surface area (Å²) in [5.74, 6) is -0.289. The molecule has 2 amide bonds. The van der Waals surface area contributed by atoms with E-state index >= 15 is 0 Å². The van der Waals surface area contributed by atoms with Crippen molar-refractivity contribution in [3.8, 4) is 0 Å². The molecule has 0 radical (unpaired) electrons. The highest BCUT2D eigenvalue weighted by atomic mass is 16.2. The molecule has 3 rings (SSSR count). The van der Waals surface area contributed by atoms with Gasteiger partial charge in [0.2, 0.25) is 11.8 Å². The molecule has 1 aliphatic heterocycles. The highest BCUT2D eigenvalue weighted by Crippen LogP contribution is 2.36. The number of benzene rings is 2. The predicted molar refractivity (Wildman–Crippen MR) is 112 cm³/mol. The van der Waals surface area contributed by atoms with Gasteiger partial charge in [0, 0.05) is 19.6 Å². The van der Waals surface area contributed by atoms with Crippen LogP contribution in [0.1, 0.15) is 19.4 Å². The molecular formula is C22H28N4O2. The van der Waals surface area contributed by atoms with Crippen LogP contribution < -0.4 is 16.0 Å². The quantitative estimate of drug-likeness (QED) is 0.772. The number of nitrogens with two attached hydrogens (primary N) is 1. The Labute approximate surface area is 166 Å². The average molecular weight is 380 g/mol. The molecule has 148 valence electrons. The molecule has 2 aromatic rings. The Hall–Kier alpha value is -2.70. The third-order valence-corrected chi connectivity index (χ3v) is 5.12. The maximum Gasteiger partial charge on any atom is 0.250 e. The Morgan fingerprint density at radius 3 is 2.46 bits per heavy atom. The molecule has 0 unspecified atom stereocenters. The Kier molecular flexibility index (Phi) is 6.11. The number of fused-ring (bicyclic) bond motifs is 1. The van der Waals surface area contributed by atoms with Crippen LogP contribution in [0.5, 0.6) is 0 Å². The van der Waals surface area contributed by atoms with E-state index in [0.29, 0.717) is 18.8 Å². The van der Waals surface area contributed by atoms with E-state index in [1.165, 1.54) is 5.56 Å². The topological polar surface area (TPSA) is 78.7 Å². The van der Waals surface area contributed by atoms with E-state index in [-0.39, 0.29) is 18.4 Å². The average Bonchev–Trinajstić information content (AvgIpc) is 2.68. The van der Waals surface area contributed by atoms with Crippen LogP contribution >= 0.6 is 0 Å². The van der Waals surface area contributed by atoms with Crippen LogP contribution in [-0.2, 0) is 16.0 Å². The van der Waals surface area contributed by atoms with Crippen LogP contribution in [0.3, 0.4) is 0 Å². The van der Waals surface area contributed by atoms with E-state index < -0.39 is 5.54 Å². The van der Waals surface area contributed by atoms with Crippen molar-refractivity contribution in [3.05, 3.63) is 60.2 Å². The van der Waals surface area contributed by atoms with E-state index in [4.69, 9.17) is 5.73 Å². The van der Waals surface area contributed by atoms with Crippen LogP contribution in [0.4, 0.5) is 11.4 Å². The van der Waals surface area contributed by atoms with Gasteiger partial charge in [-0.05, 0) is 38.0 Å². The maximum absolute atomic E-state index is 13.3. The Morgan fingerprint density at radius 2 is 1.75 bits per heavy atom. The van der Waals surface area contributed by atoms with Crippen molar-refractivity contribution in [2.75, 3.05) is 36.4 Å². The van der Waals surface area contributed by atoms with Gasteiger partial charge in [0.15, 0.2) is 0 Å². The van der Waals surface area contributed by atoms with E-state index in [1.807, 2.05) is 42.5 Å². The first kappa shape index (κ1) is 20.0. The molecule has 6 heteroatoms. The largest absolute Gasteiger partial charge is 0.329 e. The van der Waals surface area contributed by atoms with Gasteiger partial charge in [-0.15, -0.1) is 0 Å². The van der Waals surface area contributed by atoms with Crippen molar-refractivity contribution < 1.29 is 9.59 Å². The van der Waals surface area contributed by atoms with E-state index in [2.05, 4.69) is 22.3 Å². The lowest BCUT2D eigenvalue weighted by atomic mass is 9.96. The van der Waals surface area contributed by atoms with Crippen LogP contribution in [-0.4, -0.2) is 48.4 Å². The molecule has 0 spiro atoms. The Bertz CT molecular complexity index is 835. The number of hydrogen-bond donors (Lipinski definition) is 2. The molecule has 1 aliphatic rings. The highest BCUT2D eigenvalue weighted by Gasteiger charge is 2.43. The minimum absolute atomic E-state index is 0.103. The molecule has 0 bridgehead atoms. The summed E-state index contributed by atoms with van der Waals surface area (Å²) in [6, 6.07) is 17.6. The van der Waals surface area contributed by atoms with Gasteiger partial charge >= 0.3 is 0 Å². The molecular weight excluding hydrogens is 352 g/mol. The van der Waals surface area contributed by atoms with Gasteiger partial charge < -0.3 is 11.1 Å². The van der Waals surface area contributed by atoms with Crippen molar-refractivity contribution in [1.29, 1.82) is 0 Å². The number of carbonyl (C=O) groups is 2. The number of nitrogens with zero attached hydrogens (tertiary/aromatic N) is 2. The molecule has 28 heavy (non-hydrogen) atoms. The fourth-order valence-electron chi connectivity index (χ4n) is 3.54. The van der Waals surface area contributed by atoms with Crippen molar-refractivity contribution in [3.63, 3.8) is 0 Å². The minimum Gasteiger partial charge on any atom is -0.329 e. The first-order valence-corrected chi connectivity index (χ1v) is 9.63. The maximum atomic E-state index is 13.3. The number of hydrogen-bond acceptors (Lipinski definition) is 4. The standard InChI is InChI=1S/C22H28N4O2/c1-22(2)21(28)24-18-10-6-7-11-19(18)26(22)20(27)16-25(15-13-23)14-12-17-8-4-3-5-9-17/h3-11H,12-16,23H2,1-2H3,(H,24,28). The first-order valence-electron chi connectivity index (χ1n) is 9.63. The predicted octanol–water partition coefficient (Wildman–Crippen LogP) is 2.25. The van der Waals surface area contributed by atoms with Crippen LogP contribution in [0, 0.1) is 0 Å². The highest BCUT2D eigenvalue weighted by molar-refractivity contribution is 6.14. The summed E-state index contributed by atoms with van der Waals surface area (Å²) in [5.41, 5.74) is 7.43. The lowest BCUT2D eigenvalue weighted by Gasteiger charge is -2.42. The summed E-state index contributed by atoms with van der Waals surface area (Å²) in [5, 5.41) is 2.89. The normalized spacial score (nSPS) is 15.3. The number of nitrogens with one attached hydrogen (secondary N) is 1. The smallest absolute Gasteiger partial charge is 0.250 e. The summed E-state index contributed by atoms with van der Waals surface area (Å²) in [6.45, 7) is 5.59. The van der Waals surface area contributed by atoms with Gasteiger partial charge in [0.1, 0.15) is 5.54 Å². The monoisotopic (exact) mass is 380 g/mol. The lowest BCUT2D eigenvalue weighted by molar-refractivity contribution is -0.127. The number of amides is 2. The first-order chi connectivity index (χ1) is 13.4. The third kappa shape index (κ3) is 4.24. The van der Waals surface area contributed by atoms with Crippen LogP contribution in [0.25, 0.3) is 0 Å². The molecule has 0 aromatic heterocycles. The Morgan fingerprint density at radius 1 is 1.07 bits per heavy atom. The van der Waals surface area contributed by atoms with Crippen molar-refractivity contribution >= 4 is 23.2 Å². The van der Waals surface area contributed by atoms with Crippen LogP contribution in [0.15, 0.2) is 54.6 Å². The van der Waals surface area contributed by atoms with Crippen molar-refractivity contribution in [2.45, 2.75) is 25.8 Å². The van der Waals surface area contributed by atoms with Gasteiger partial charge in [-0.2, -0.15) is 0 Å². The zero-order valence-corrected chi connectivity index (χ0v) is 16.5. The van der Waals surface area contributed by atoms with Crippen LogP contribution in [0.2, 0.25) is 0 Å². The van der Waals surface area contributed by atoms with Crippen molar-refractivity contribution in [1.82, 2.24) is 4.90 Å². The van der Waals surface area contributed by atoms with Gasteiger partial charge in [-0.1, -0.05) is 42.5 Å². The van der Waals surface area contributed by atoms with Gasteiger partial charge in [0.05, 0.1) is 17.9 Å². The van der Waals surface area contributed by atoms with E-state index in [1.54, 1.807) is 18.7 Å². The number of rotatable bonds is 7. The second kappa shape index (κ2) is 8.54. The van der Waals surface area contributed by atoms with Crippen molar-refractivity contribution in [2.24, 2.45) is 5.73 Å². The number of anilines is 2. The molecule has 0 saturated heterocycles. The molecule has 0 atom stereocenters. The van der Waals surface area contributed by atoms with E-state index in [0.717, 1.165) is 18.7 Å². The van der Waals surface area contributed by atoms with Gasteiger partial charge in [-0.3, -0.25) is 19.4 Å². The van der Waals surface area contributed by atoms with E-state index in [9.17, 15) is 9.59 Å². The minimum atomic E-state index is -0.959. The summed E-state index contributed by atoms with van der Waals surface area (Å²) >= 11 is 0. The molecule has 0 saturated carbocycles. The molecule has 6 nitrogen and oxygen atoms in total. The summed E-state index contributed by atoms with van der Waals surface area (Å²) in [6.07, 6.45) is 0.842. The fourth-order valence-corrected chi connectivity index (χ4v) is 3.54. The third-order valence-electron chi connectivity index (χ3n) is 5.12. The lowest BCUT2D eigenvalue weighted by Crippen LogP contribution is -2.60. The summed E-state index contributed by atoms with van der Waals surface area (Å²) in [7, 11) is 0. The fraction of sp³-hybridized carbons (Fsp3) is 0.364. The SMILES string of the molecule is CC1(C)C(=O)Nc2ccccc2N1C(=O)CN(CCN)CCc1ccccc1. The zero-order chi connectivity index (χ0) is 20.1. The zero-order valence-electron chi connectivity index (χ0n) is 16.5. The summed E-state index contributed by atoms with van der Waals surface area (Å²) < 4.78 is 0. The Balaban J connectivity index is 1.77. The molecule has 3 N–H and O–H groups in total. The summed E-state index contributed by atoms with van der Waals surface area (Å²) in [4.78, 5) is 29.5. The number of para-hydroxylation sites is 2. The molecule has 1 heterocycles. The second-order valence-electron chi connectivity index (χ2n) is 7.56. The molecule has 2 aromatic carbocycles. The molecule has 0 fully saturated rings. The molecule has 0 aliphatic carbocycles. The number of carbonyl (C=O) groups excluding carboxylic acids is 2.